The number of Topliss-reactive ketones (excluding diaryl/α,β-unsaturated/α-hetero) is 1. The van der Waals surface area contributed by atoms with Crippen molar-refractivity contribution >= 4 is 34.9 Å². The molecule has 1 aromatic heterocycles. The minimum Gasteiger partial charge on any atom is -0.468 e. The summed E-state index contributed by atoms with van der Waals surface area (Å²) in [7, 11) is 1.32. The number of thioether (sulfide) groups is 1. The summed E-state index contributed by atoms with van der Waals surface area (Å²) in [4.78, 5) is 24.4. The molecular formula is C16H16N2O3S2. The third-order valence-electron chi connectivity index (χ3n) is 3.42. The summed E-state index contributed by atoms with van der Waals surface area (Å²) in [5.41, 5.74) is 1.76. The van der Waals surface area contributed by atoms with Crippen molar-refractivity contribution in [2.24, 2.45) is 0 Å². The molecule has 7 heteroatoms. The number of nitriles is 1. The van der Waals surface area contributed by atoms with E-state index in [1.165, 1.54) is 37.1 Å². The van der Waals surface area contributed by atoms with E-state index in [1.54, 1.807) is 0 Å². The highest BCUT2D eigenvalue weighted by molar-refractivity contribution is 8.03. The van der Waals surface area contributed by atoms with Gasteiger partial charge in [0.1, 0.15) is 0 Å². The van der Waals surface area contributed by atoms with Crippen molar-refractivity contribution in [2.45, 2.75) is 19.8 Å². The molecule has 23 heavy (non-hydrogen) atoms. The number of nitrogens with zero attached hydrogens (tertiary/aromatic N) is 1. The first-order valence-corrected chi connectivity index (χ1v) is 8.72. The van der Waals surface area contributed by atoms with E-state index >= 15 is 0 Å². The topological polar surface area (TPSA) is 79.2 Å². The molecular weight excluding hydrogens is 332 g/mol. The Morgan fingerprint density at radius 3 is 2.78 bits per heavy atom. The normalized spacial score (nSPS) is 17.6. The van der Waals surface area contributed by atoms with Crippen LogP contribution in [-0.4, -0.2) is 24.6 Å². The Kier molecular flexibility index (Phi) is 5.64. The fourth-order valence-electron chi connectivity index (χ4n) is 2.42. The van der Waals surface area contributed by atoms with Gasteiger partial charge >= 0.3 is 5.97 Å². The van der Waals surface area contributed by atoms with Crippen LogP contribution in [-0.2, 0) is 14.3 Å². The first kappa shape index (κ1) is 17.3. The fraction of sp³-hybridized carbons (Fsp3) is 0.312. The van der Waals surface area contributed by atoms with E-state index in [4.69, 9.17) is 0 Å². The Balaban J connectivity index is 2.47. The Labute approximate surface area is 143 Å². The first-order chi connectivity index (χ1) is 11.0. The third kappa shape index (κ3) is 3.66. The highest BCUT2D eigenvalue weighted by Crippen LogP contribution is 2.42. The van der Waals surface area contributed by atoms with Crippen LogP contribution >= 0.6 is 23.1 Å². The number of carbonyl (C=O) groups excluding carboxylic acids is 2. The van der Waals surface area contributed by atoms with Gasteiger partial charge in [0.2, 0.25) is 0 Å². The molecule has 0 radical (unpaired) electrons. The molecule has 0 amide bonds. The van der Waals surface area contributed by atoms with Crippen molar-refractivity contribution in [3.63, 3.8) is 0 Å². The Morgan fingerprint density at radius 1 is 1.52 bits per heavy atom. The number of esters is 1. The maximum absolute atomic E-state index is 12.1. The van der Waals surface area contributed by atoms with Crippen LogP contribution in [0.2, 0.25) is 0 Å². The maximum Gasteiger partial charge on any atom is 0.316 e. The summed E-state index contributed by atoms with van der Waals surface area (Å²) in [5.74, 6) is -0.727. The number of dihydropyridines is 1. The number of carbonyl (C=O) groups is 2. The second kappa shape index (κ2) is 7.49. The standard InChI is InChI=1S/C16H16N2O3S2/c1-9-14(10(2)19)15(12-5-4-6-22-12)11(7-17)16(18-9)23-8-13(20)21-3/h4-6,15,18H,8H2,1-3H3. The van der Waals surface area contributed by atoms with Gasteiger partial charge in [0, 0.05) is 16.1 Å². The molecule has 0 aliphatic carbocycles. The molecule has 0 fully saturated rings. The molecule has 1 atom stereocenters. The Hall–Kier alpha value is -2.04. The fourth-order valence-corrected chi connectivity index (χ4v) is 4.19. The number of ether oxygens (including phenoxy) is 1. The molecule has 120 valence electrons. The van der Waals surface area contributed by atoms with Crippen LogP contribution in [0.5, 0.6) is 0 Å². The zero-order chi connectivity index (χ0) is 17.0. The lowest BCUT2D eigenvalue weighted by Gasteiger charge is -2.28. The molecule has 0 saturated heterocycles. The van der Waals surface area contributed by atoms with E-state index in [1.807, 2.05) is 24.4 Å². The minimum absolute atomic E-state index is 0.0711. The van der Waals surface area contributed by atoms with Crippen LogP contribution in [0.3, 0.4) is 0 Å². The van der Waals surface area contributed by atoms with Crippen LogP contribution in [0.25, 0.3) is 0 Å². The zero-order valence-electron chi connectivity index (χ0n) is 13.0. The number of rotatable bonds is 5. The van der Waals surface area contributed by atoms with Crippen molar-refractivity contribution in [2.75, 3.05) is 12.9 Å². The Bertz CT molecular complexity index is 727. The van der Waals surface area contributed by atoms with Gasteiger partial charge in [-0.2, -0.15) is 5.26 Å². The number of hydrogen-bond acceptors (Lipinski definition) is 7. The number of nitrogens with one attached hydrogen (secondary N) is 1. The summed E-state index contributed by atoms with van der Waals surface area (Å²) in [6, 6.07) is 6.01. The van der Waals surface area contributed by atoms with Crippen LogP contribution in [0.15, 0.2) is 39.4 Å². The van der Waals surface area contributed by atoms with Gasteiger partial charge < -0.3 is 10.1 Å². The van der Waals surface area contributed by atoms with Crippen molar-refractivity contribution in [3.8, 4) is 6.07 Å². The minimum atomic E-state index is -0.390. The summed E-state index contributed by atoms with van der Waals surface area (Å²) in [5, 5.41) is 15.2. The third-order valence-corrected chi connectivity index (χ3v) is 5.34. The number of allylic oxidation sites excluding steroid dienone is 3. The summed E-state index contributed by atoms with van der Waals surface area (Å²) in [6.45, 7) is 3.31. The molecule has 1 aliphatic rings. The Morgan fingerprint density at radius 2 is 2.26 bits per heavy atom. The van der Waals surface area contributed by atoms with E-state index in [2.05, 4.69) is 16.1 Å². The van der Waals surface area contributed by atoms with Gasteiger partial charge in [0.15, 0.2) is 5.78 Å². The lowest BCUT2D eigenvalue weighted by Crippen LogP contribution is -2.27. The molecule has 0 spiro atoms. The number of ketones is 1. The van der Waals surface area contributed by atoms with Crippen LogP contribution < -0.4 is 5.32 Å². The number of thiophene rings is 1. The monoisotopic (exact) mass is 348 g/mol. The molecule has 2 rings (SSSR count). The van der Waals surface area contributed by atoms with Crippen molar-refractivity contribution in [1.29, 1.82) is 5.26 Å². The van der Waals surface area contributed by atoms with Crippen molar-refractivity contribution in [3.05, 3.63) is 44.3 Å². The van der Waals surface area contributed by atoms with E-state index in [0.29, 0.717) is 21.9 Å². The second-order valence-corrected chi connectivity index (χ2v) is 6.85. The van der Waals surface area contributed by atoms with Gasteiger partial charge in [-0.1, -0.05) is 17.8 Å². The average Bonchev–Trinajstić information content (AvgIpc) is 3.05. The van der Waals surface area contributed by atoms with Gasteiger partial charge in [0.25, 0.3) is 0 Å². The molecule has 0 saturated carbocycles. The number of hydrogen-bond donors (Lipinski definition) is 1. The molecule has 2 heterocycles. The lowest BCUT2D eigenvalue weighted by atomic mass is 9.85. The summed E-state index contributed by atoms with van der Waals surface area (Å²) < 4.78 is 4.64. The first-order valence-electron chi connectivity index (χ1n) is 6.85. The molecule has 1 aliphatic heterocycles. The van der Waals surface area contributed by atoms with Gasteiger partial charge in [-0.3, -0.25) is 9.59 Å². The molecule has 1 N–H and O–H groups in total. The molecule has 0 aromatic carbocycles. The highest BCUT2D eigenvalue weighted by atomic mass is 32.2. The quantitative estimate of drug-likeness (QED) is 0.824. The highest BCUT2D eigenvalue weighted by Gasteiger charge is 2.33. The molecule has 1 unspecified atom stereocenters. The smallest absolute Gasteiger partial charge is 0.316 e. The van der Waals surface area contributed by atoms with Gasteiger partial charge in [-0.25, -0.2) is 0 Å². The van der Waals surface area contributed by atoms with Gasteiger partial charge in [-0.15, -0.1) is 11.3 Å². The van der Waals surface area contributed by atoms with Gasteiger partial charge in [-0.05, 0) is 25.3 Å². The van der Waals surface area contributed by atoms with Crippen molar-refractivity contribution < 1.29 is 14.3 Å². The van der Waals surface area contributed by atoms with E-state index in [9.17, 15) is 14.9 Å². The predicted molar refractivity (Wildman–Crippen MR) is 90.7 cm³/mol. The van der Waals surface area contributed by atoms with E-state index in [0.717, 1.165) is 4.88 Å². The molecule has 0 bridgehead atoms. The maximum atomic E-state index is 12.1. The average molecular weight is 348 g/mol. The zero-order valence-corrected chi connectivity index (χ0v) is 14.6. The molecule has 1 aromatic rings. The van der Waals surface area contributed by atoms with Crippen LogP contribution in [0.1, 0.15) is 24.6 Å². The SMILES string of the molecule is COC(=O)CSC1=C(C#N)C(c2cccs2)C(C(C)=O)=C(C)N1. The van der Waals surface area contributed by atoms with E-state index in [-0.39, 0.29) is 23.4 Å². The van der Waals surface area contributed by atoms with Crippen molar-refractivity contribution in [1.82, 2.24) is 5.32 Å². The largest absolute Gasteiger partial charge is 0.468 e. The summed E-state index contributed by atoms with van der Waals surface area (Å²) >= 11 is 2.71. The second-order valence-electron chi connectivity index (χ2n) is 4.89. The van der Waals surface area contributed by atoms with Gasteiger partial charge in [0.05, 0.1) is 35.5 Å². The number of methoxy groups -OCH3 is 1. The summed E-state index contributed by atoms with van der Waals surface area (Å²) in [6.07, 6.45) is 0. The lowest BCUT2D eigenvalue weighted by molar-refractivity contribution is -0.137. The predicted octanol–water partition coefficient (Wildman–Crippen LogP) is 2.94. The van der Waals surface area contributed by atoms with Crippen LogP contribution in [0.4, 0.5) is 0 Å². The molecule has 5 nitrogen and oxygen atoms in total. The van der Waals surface area contributed by atoms with Crippen LogP contribution in [0, 0.1) is 11.3 Å². The van der Waals surface area contributed by atoms with E-state index < -0.39 is 0 Å².